The van der Waals surface area contributed by atoms with Crippen LogP contribution in [0.15, 0.2) is 12.4 Å². The fourth-order valence-electron chi connectivity index (χ4n) is 1.92. The van der Waals surface area contributed by atoms with E-state index >= 15 is 0 Å². The van der Waals surface area contributed by atoms with Gasteiger partial charge in [-0.2, -0.15) is 16.9 Å². The number of aromatic nitrogens is 2. The van der Waals surface area contributed by atoms with Gasteiger partial charge in [-0.15, -0.1) is 0 Å². The van der Waals surface area contributed by atoms with Crippen LogP contribution in [0.25, 0.3) is 0 Å². The first kappa shape index (κ1) is 11.0. The van der Waals surface area contributed by atoms with Crippen molar-refractivity contribution in [2.45, 2.75) is 12.1 Å². The Morgan fingerprint density at radius 2 is 2.40 bits per heavy atom. The van der Waals surface area contributed by atoms with Gasteiger partial charge in [0.1, 0.15) is 0 Å². The van der Waals surface area contributed by atoms with Crippen LogP contribution in [0.3, 0.4) is 0 Å². The Bertz CT molecular complexity index is 325. The molecule has 4 nitrogen and oxygen atoms in total. The van der Waals surface area contributed by atoms with Crippen LogP contribution >= 0.6 is 11.8 Å². The predicted molar refractivity (Wildman–Crippen MR) is 63.9 cm³/mol. The van der Waals surface area contributed by atoms with Gasteiger partial charge >= 0.3 is 0 Å². The van der Waals surface area contributed by atoms with E-state index in [0.29, 0.717) is 6.04 Å². The molecule has 0 bridgehead atoms. The zero-order chi connectivity index (χ0) is 10.8. The largest absolute Gasteiger partial charge is 0.323 e. The van der Waals surface area contributed by atoms with Gasteiger partial charge in [-0.05, 0) is 7.05 Å². The van der Waals surface area contributed by atoms with Gasteiger partial charge in [0, 0.05) is 48.9 Å². The summed E-state index contributed by atoms with van der Waals surface area (Å²) in [6, 6.07) is 0.518. The maximum Gasteiger partial charge on any atom is 0.0538 e. The number of nitrogens with two attached hydrogens (primary N) is 1. The number of hydrogen-bond acceptors (Lipinski definition) is 4. The second-order valence-electron chi connectivity index (χ2n) is 4.10. The smallest absolute Gasteiger partial charge is 0.0538 e. The first-order valence-electron chi connectivity index (χ1n) is 5.20. The Balaban J connectivity index is 2.09. The highest BCUT2D eigenvalue weighted by molar-refractivity contribution is 7.99. The third-order valence-corrected chi connectivity index (χ3v) is 4.02. The minimum Gasteiger partial charge on any atom is -0.323 e. The molecule has 5 heteroatoms. The lowest BCUT2D eigenvalue weighted by Crippen LogP contribution is -2.46. The van der Waals surface area contributed by atoms with Gasteiger partial charge in [0.05, 0.1) is 6.20 Å². The van der Waals surface area contributed by atoms with Crippen molar-refractivity contribution in [3.8, 4) is 0 Å². The summed E-state index contributed by atoms with van der Waals surface area (Å²) in [5, 5.41) is 4.17. The Morgan fingerprint density at radius 1 is 1.60 bits per heavy atom. The Hall–Kier alpha value is -0.520. The van der Waals surface area contributed by atoms with Crippen LogP contribution in [-0.2, 0) is 7.05 Å². The number of likely N-dealkylation sites (N-methyl/N-ethyl adjacent to an activating group) is 1. The van der Waals surface area contributed by atoms with Gasteiger partial charge < -0.3 is 5.73 Å². The second-order valence-corrected chi connectivity index (χ2v) is 5.25. The van der Waals surface area contributed by atoms with Crippen molar-refractivity contribution in [1.29, 1.82) is 0 Å². The Kier molecular flexibility index (Phi) is 3.33. The number of hydrogen-bond donors (Lipinski definition) is 1. The molecule has 2 unspecified atom stereocenters. The molecule has 0 aliphatic carbocycles. The first-order valence-corrected chi connectivity index (χ1v) is 6.36. The summed E-state index contributed by atoms with van der Waals surface area (Å²) in [6.07, 6.45) is 3.88. The van der Waals surface area contributed by atoms with Crippen LogP contribution in [0.4, 0.5) is 0 Å². The highest BCUT2D eigenvalue weighted by Gasteiger charge is 2.27. The summed E-state index contributed by atoms with van der Waals surface area (Å²) >= 11 is 1.99. The third kappa shape index (κ3) is 2.35. The average molecular weight is 226 g/mol. The molecule has 0 spiro atoms. The van der Waals surface area contributed by atoms with E-state index in [1.807, 2.05) is 35.9 Å². The van der Waals surface area contributed by atoms with Crippen molar-refractivity contribution in [2.75, 3.05) is 25.1 Å². The van der Waals surface area contributed by atoms with Gasteiger partial charge in [0.2, 0.25) is 0 Å². The van der Waals surface area contributed by atoms with E-state index in [-0.39, 0.29) is 6.04 Å². The van der Waals surface area contributed by atoms with E-state index in [2.05, 4.69) is 17.0 Å². The summed E-state index contributed by atoms with van der Waals surface area (Å²) in [6.45, 7) is 1.13. The predicted octanol–water partition coefficient (Wildman–Crippen LogP) is 0.467. The van der Waals surface area contributed by atoms with Gasteiger partial charge in [0.15, 0.2) is 0 Å². The van der Waals surface area contributed by atoms with Crippen LogP contribution in [0.5, 0.6) is 0 Å². The lowest BCUT2D eigenvalue weighted by molar-refractivity contribution is 0.237. The number of thioether (sulfide) groups is 1. The topological polar surface area (TPSA) is 47.1 Å². The lowest BCUT2D eigenvalue weighted by Gasteiger charge is -2.35. The van der Waals surface area contributed by atoms with E-state index in [4.69, 9.17) is 5.73 Å². The van der Waals surface area contributed by atoms with Crippen LogP contribution in [0.2, 0.25) is 0 Å². The summed E-state index contributed by atoms with van der Waals surface area (Å²) in [5.74, 6) is 2.33. The molecule has 84 valence electrons. The quantitative estimate of drug-likeness (QED) is 0.796. The maximum atomic E-state index is 6.27. The molecule has 1 aromatic heterocycles. The first-order chi connectivity index (χ1) is 7.18. The van der Waals surface area contributed by atoms with Crippen LogP contribution in [0.1, 0.15) is 11.6 Å². The van der Waals surface area contributed by atoms with Gasteiger partial charge in [-0.1, -0.05) is 0 Å². The molecule has 1 fully saturated rings. The molecular formula is C10H18N4S. The van der Waals surface area contributed by atoms with Gasteiger partial charge in [0.25, 0.3) is 0 Å². The Morgan fingerprint density at radius 3 is 3.00 bits per heavy atom. The fraction of sp³-hybridized carbons (Fsp3) is 0.700. The van der Waals surface area contributed by atoms with Crippen LogP contribution in [0, 0.1) is 0 Å². The highest BCUT2D eigenvalue weighted by Crippen LogP contribution is 2.24. The van der Waals surface area contributed by atoms with Crippen LogP contribution in [-0.4, -0.2) is 45.8 Å². The van der Waals surface area contributed by atoms with E-state index in [0.717, 1.165) is 17.9 Å². The molecular weight excluding hydrogens is 208 g/mol. The van der Waals surface area contributed by atoms with E-state index < -0.39 is 0 Å². The molecule has 1 aliphatic heterocycles. The van der Waals surface area contributed by atoms with E-state index in [1.165, 1.54) is 5.75 Å². The summed E-state index contributed by atoms with van der Waals surface area (Å²) in [7, 11) is 4.08. The van der Waals surface area contributed by atoms with Crippen molar-refractivity contribution < 1.29 is 0 Å². The van der Waals surface area contributed by atoms with Crippen molar-refractivity contribution in [3.63, 3.8) is 0 Å². The second kappa shape index (κ2) is 4.55. The minimum absolute atomic E-state index is 0.0801. The molecule has 2 rings (SSSR count). The molecule has 2 atom stereocenters. The van der Waals surface area contributed by atoms with Crippen LogP contribution < -0.4 is 5.73 Å². The number of nitrogens with zero attached hydrogens (tertiary/aromatic N) is 3. The zero-order valence-corrected chi connectivity index (χ0v) is 10.1. The Labute approximate surface area is 94.8 Å². The molecule has 0 aromatic carbocycles. The highest BCUT2D eigenvalue weighted by atomic mass is 32.2. The van der Waals surface area contributed by atoms with Crippen molar-refractivity contribution in [3.05, 3.63) is 18.0 Å². The summed E-state index contributed by atoms with van der Waals surface area (Å²) < 4.78 is 1.81. The lowest BCUT2D eigenvalue weighted by atomic mass is 10.0. The van der Waals surface area contributed by atoms with Crippen molar-refractivity contribution in [1.82, 2.24) is 14.7 Å². The number of aryl methyl sites for hydroxylation is 1. The van der Waals surface area contributed by atoms with Gasteiger partial charge in [-0.3, -0.25) is 9.58 Å². The monoisotopic (exact) mass is 226 g/mol. The molecule has 2 heterocycles. The van der Waals surface area contributed by atoms with Crippen molar-refractivity contribution >= 4 is 11.8 Å². The molecule has 0 saturated carbocycles. The zero-order valence-electron chi connectivity index (χ0n) is 9.26. The molecule has 1 aromatic rings. The molecule has 2 N–H and O–H groups in total. The molecule has 1 saturated heterocycles. The van der Waals surface area contributed by atoms with Gasteiger partial charge in [-0.25, -0.2) is 0 Å². The fourth-order valence-corrected chi connectivity index (χ4v) is 3.20. The summed E-state index contributed by atoms with van der Waals surface area (Å²) in [5.41, 5.74) is 7.40. The minimum atomic E-state index is 0.0801. The van der Waals surface area contributed by atoms with E-state index in [9.17, 15) is 0 Å². The van der Waals surface area contributed by atoms with E-state index in [1.54, 1.807) is 0 Å². The van der Waals surface area contributed by atoms with Crippen molar-refractivity contribution in [2.24, 2.45) is 12.8 Å². The SMILES string of the molecule is CN1CCSCC1C(N)c1cnn(C)c1. The molecule has 0 radical (unpaired) electrons. The normalized spacial score (nSPS) is 25.4. The molecule has 1 aliphatic rings. The number of rotatable bonds is 2. The third-order valence-electron chi connectivity index (χ3n) is 2.97. The molecule has 15 heavy (non-hydrogen) atoms. The summed E-state index contributed by atoms with van der Waals surface area (Å²) in [4.78, 5) is 2.36. The standard InChI is InChI=1S/C10H18N4S/c1-13-3-4-15-7-9(13)10(11)8-5-12-14(2)6-8/h5-6,9-10H,3-4,7,11H2,1-2H3. The maximum absolute atomic E-state index is 6.27. The average Bonchev–Trinajstić information content (AvgIpc) is 2.65. The molecule has 0 amide bonds.